The molecule has 0 bridgehead atoms. The molecule has 0 unspecified atom stereocenters. The second-order valence-corrected chi connectivity index (χ2v) is 20.3. The number of alkyl halides is 3. The number of pyridine rings is 1. The molecular formula is C26H40ClF3N4O3SSi. The van der Waals surface area contributed by atoms with Crippen LogP contribution in [0.1, 0.15) is 52.9 Å². The van der Waals surface area contributed by atoms with E-state index in [-0.39, 0.29) is 10.5 Å². The zero-order chi connectivity index (χ0) is 28.9. The van der Waals surface area contributed by atoms with E-state index in [1.807, 2.05) is 9.58 Å². The first kappa shape index (κ1) is 30.6. The highest BCUT2D eigenvalue weighted by Crippen LogP contribution is 2.44. The third-order valence-electron chi connectivity index (χ3n) is 8.74. The van der Waals surface area contributed by atoms with Gasteiger partial charge in [0.1, 0.15) is 10.9 Å². The van der Waals surface area contributed by atoms with E-state index in [1.54, 1.807) is 12.3 Å². The Labute approximate surface area is 235 Å². The number of sulfone groups is 1. The molecular weight excluding hydrogens is 569 g/mol. The van der Waals surface area contributed by atoms with Gasteiger partial charge in [-0.15, -0.1) is 0 Å². The molecule has 1 atom stereocenters. The average molecular weight is 609 g/mol. The molecule has 0 radical (unpaired) electrons. The molecule has 1 saturated carbocycles. The lowest BCUT2D eigenvalue weighted by molar-refractivity contribution is -0.106. The Hall–Kier alpha value is -1.37. The van der Waals surface area contributed by atoms with Crippen LogP contribution in [-0.4, -0.2) is 68.9 Å². The fourth-order valence-electron chi connectivity index (χ4n) is 5.55. The van der Waals surface area contributed by atoms with Crippen LogP contribution in [0, 0.1) is 11.3 Å². The average Bonchev–Trinajstić information content (AvgIpc) is 3.50. The van der Waals surface area contributed by atoms with Crippen molar-refractivity contribution in [1.82, 2.24) is 14.8 Å². The molecule has 1 saturated heterocycles. The largest absolute Gasteiger partial charge is 0.416 e. The molecule has 0 spiro atoms. The van der Waals surface area contributed by atoms with Gasteiger partial charge in [-0.05, 0) is 43.3 Å². The van der Waals surface area contributed by atoms with Crippen LogP contribution in [0.4, 0.5) is 19.0 Å². The lowest BCUT2D eigenvalue weighted by Gasteiger charge is -2.40. The highest BCUT2D eigenvalue weighted by molar-refractivity contribution is 7.91. The Morgan fingerprint density at radius 1 is 1.21 bits per heavy atom. The van der Waals surface area contributed by atoms with Crippen LogP contribution < -0.4 is 4.90 Å². The number of fused-ring (bicyclic) bond motifs is 1. The molecule has 0 amide bonds. The van der Waals surface area contributed by atoms with Gasteiger partial charge in [0, 0.05) is 43.9 Å². The Morgan fingerprint density at radius 3 is 2.49 bits per heavy atom. The van der Waals surface area contributed by atoms with Gasteiger partial charge in [0.05, 0.1) is 16.7 Å². The molecule has 2 fully saturated rings. The summed E-state index contributed by atoms with van der Waals surface area (Å²) in [5, 5.41) is 6.24. The molecule has 2 aliphatic rings. The van der Waals surface area contributed by atoms with E-state index in [9.17, 15) is 21.6 Å². The van der Waals surface area contributed by atoms with Crippen molar-refractivity contribution in [2.24, 2.45) is 11.3 Å². The molecule has 0 N–H and O–H groups in total. The van der Waals surface area contributed by atoms with Crippen LogP contribution in [0.5, 0.6) is 0 Å². The SMILES string of the molecule is CC(C)(C)[Si](C)(C)OCC1(Cn2nc(N3CC[C@@H](CS(=O)(=O)CC(F)(F)F)C3)c3cnc(Cl)cc32)CCCC1. The van der Waals surface area contributed by atoms with Crippen LogP contribution in [0.15, 0.2) is 12.3 Å². The van der Waals surface area contributed by atoms with Gasteiger partial charge in [-0.25, -0.2) is 13.4 Å². The Bertz CT molecular complexity index is 1290. The summed E-state index contributed by atoms with van der Waals surface area (Å²) < 4.78 is 71.1. The predicted octanol–water partition coefficient (Wildman–Crippen LogP) is 6.47. The van der Waals surface area contributed by atoms with Gasteiger partial charge in [-0.1, -0.05) is 45.2 Å². The number of anilines is 1. The first-order valence-corrected chi connectivity index (χ1v) is 18.7. The van der Waals surface area contributed by atoms with Crippen LogP contribution in [-0.2, 0) is 20.8 Å². The standard InChI is InChI=1S/C26H40ClF3N4O3SSi/c1-24(2,3)39(4,5)37-17-25(9-6-7-10-25)16-34-21-12-22(27)31-13-20(21)23(32-34)33-11-8-19(14-33)15-38(35,36)18-26(28,29)30/h12-13,19H,6-11,14-18H2,1-5H3/t19-/m1/s1. The Morgan fingerprint density at radius 2 is 1.87 bits per heavy atom. The maximum atomic E-state index is 12.7. The molecule has 3 heterocycles. The number of rotatable bonds is 9. The topological polar surface area (TPSA) is 77.3 Å². The first-order chi connectivity index (χ1) is 17.9. The van der Waals surface area contributed by atoms with Gasteiger partial charge in [0.25, 0.3) is 0 Å². The molecule has 2 aromatic rings. The third-order valence-corrected chi connectivity index (χ3v) is 15.2. The lowest BCUT2D eigenvalue weighted by Crippen LogP contribution is -2.44. The van der Waals surface area contributed by atoms with E-state index in [0.29, 0.717) is 43.6 Å². The van der Waals surface area contributed by atoms with E-state index in [4.69, 9.17) is 21.1 Å². The van der Waals surface area contributed by atoms with Gasteiger partial charge >= 0.3 is 6.18 Å². The summed E-state index contributed by atoms with van der Waals surface area (Å²) in [6, 6.07) is 1.80. The maximum absolute atomic E-state index is 12.7. The molecule has 220 valence electrons. The number of hydrogen-bond donors (Lipinski definition) is 0. The lowest BCUT2D eigenvalue weighted by atomic mass is 9.87. The van der Waals surface area contributed by atoms with Gasteiger partial charge in [0.2, 0.25) is 0 Å². The minimum atomic E-state index is -4.73. The van der Waals surface area contributed by atoms with E-state index in [2.05, 4.69) is 38.8 Å². The zero-order valence-corrected chi connectivity index (χ0v) is 26.0. The number of hydrogen-bond acceptors (Lipinski definition) is 6. The number of halogens is 4. The summed E-state index contributed by atoms with van der Waals surface area (Å²) in [5.74, 6) is -1.99. The Balaban J connectivity index is 1.57. The summed E-state index contributed by atoms with van der Waals surface area (Å²) in [7, 11) is -6.19. The molecule has 1 aliphatic carbocycles. The van der Waals surface area contributed by atoms with Gasteiger partial charge < -0.3 is 9.33 Å². The number of aromatic nitrogens is 3. The molecule has 7 nitrogen and oxygen atoms in total. The normalized spacial score (nSPS) is 20.8. The second kappa shape index (κ2) is 10.8. The van der Waals surface area contributed by atoms with Crippen molar-refractivity contribution in [3.63, 3.8) is 0 Å². The van der Waals surface area contributed by atoms with E-state index in [0.717, 1.165) is 36.6 Å². The van der Waals surface area contributed by atoms with Crippen LogP contribution in [0.3, 0.4) is 0 Å². The van der Waals surface area contributed by atoms with Crippen LogP contribution in [0.2, 0.25) is 23.3 Å². The van der Waals surface area contributed by atoms with E-state index < -0.39 is 41.8 Å². The summed E-state index contributed by atoms with van der Waals surface area (Å²) >= 11 is 6.29. The Kier molecular flexibility index (Phi) is 8.46. The fraction of sp³-hybridized carbons (Fsp3) is 0.769. The highest BCUT2D eigenvalue weighted by Gasteiger charge is 2.43. The van der Waals surface area contributed by atoms with Crippen molar-refractivity contribution < 1.29 is 26.0 Å². The van der Waals surface area contributed by atoms with Crippen molar-refractivity contribution in [3.8, 4) is 0 Å². The van der Waals surface area contributed by atoms with Gasteiger partial charge in [0.15, 0.2) is 24.0 Å². The first-order valence-electron chi connectivity index (χ1n) is 13.6. The molecule has 2 aromatic heterocycles. The highest BCUT2D eigenvalue weighted by atomic mass is 35.5. The van der Waals surface area contributed by atoms with E-state index in [1.165, 1.54) is 0 Å². The van der Waals surface area contributed by atoms with E-state index >= 15 is 0 Å². The second-order valence-electron chi connectivity index (χ2n) is 13.0. The van der Waals surface area contributed by atoms with Crippen LogP contribution in [0.25, 0.3) is 10.9 Å². The summed E-state index contributed by atoms with van der Waals surface area (Å²) in [6.07, 6.45) is 1.78. The number of nitrogens with zero attached hydrogens (tertiary/aromatic N) is 4. The van der Waals surface area contributed by atoms with Crippen molar-refractivity contribution in [2.45, 2.75) is 83.7 Å². The zero-order valence-electron chi connectivity index (χ0n) is 23.4. The van der Waals surface area contributed by atoms with Crippen molar-refractivity contribution in [3.05, 3.63) is 17.4 Å². The summed E-state index contributed by atoms with van der Waals surface area (Å²) in [6.45, 7) is 13.4. The van der Waals surface area contributed by atoms with Gasteiger partial charge in [-0.3, -0.25) is 4.68 Å². The molecule has 13 heteroatoms. The van der Waals surface area contributed by atoms with Crippen molar-refractivity contribution >= 4 is 46.5 Å². The fourth-order valence-corrected chi connectivity index (χ4v) is 8.41. The third kappa shape index (κ3) is 7.29. The van der Waals surface area contributed by atoms with Crippen molar-refractivity contribution in [2.75, 3.05) is 36.1 Å². The minimum absolute atomic E-state index is 0.0549. The quantitative estimate of drug-likeness (QED) is 0.240. The van der Waals surface area contributed by atoms with Crippen LogP contribution >= 0.6 is 11.6 Å². The molecule has 4 rings (SSSR count). The molecule has 0 aromatic carbocycles. The maximum Gasteiger partial charge on any atom is 0.402 e. The van der Waals surface area contributed by atoms with Crippen molar-refractivity contribution in [1.29, 1.82) is 0 Å². The monoisotopic (exact) mass is 608 g/mol. The minimum Gasteiger partial charge on any atom is -0.416 e. The predicted molar refractivity (Wildman–Crippen MR) is 152 cm³/mol. The summed E-state index contributed by atoms with van der Waals surface area (Å²) in [4.78, 5) is 6.23. The molecule has 1 aliphatic heterocycles. The van der Waals surface area contributed by atoms with Gasteiger partial charge in [-0.2, -0.15) is 18.3 Å². The smallest absolute Gasteiger partial charge is 0.402 e. The summed E-state index contributed by atoms with van der Waals surface area (Å²) in [5.41, 5.74) is 0.789. The molecule has 39 heavy (non-hydrogen) atoms.